The fraction of sp³-hybridized carbons (Fsp3) is 0.238. The van der Waals surface area contributed by atoms with Gasteiger partial charge in [0, 0.05) is 21.5 Å². The zero-order chi connectivity index (χ0) is 21.0. The summed E-state index contributed by atoms with van der Waals surface area (Å²) in [5.41, 5.74) is 6.21. The average Bonchev–Trinajstić information content (AvgIpc) is 3.06. The molecule has 29 heavy (non-hydrogen) atoms. The summed E-state index contributed by atoms with van der Waals surface area (Å²) in [6, 6.07) is 9.87. The molecule has 0 bridgehead atoms. The molecule has 1 heterocycles. The Bertz CT molecular complexity index is 1060. The van der Waals surface area contributed by atoms with Crippen molar-refractivity contribution in [2.24, 2.45) is 0 Å². The highest BCUT2D eigenvalue weighted by atomic mass is 35.5. The zero-order valence-corrected chi connectivity index (χ0v) is 17.1. The van der Waals surface area contributed by atoms with Crippen LogP contribution in [0.25, 0.3) is 11.0 Å². The summed E-state index contributed by atoms with van der Waals surface area (Å²) in [5.74, 6) is 0.00549. The van der Waals surface area contributed by atoms with Gasteiger partial charge >= 0.3 is 5.91 Å². The van der Waals surface area contributed by atoms with Crippen LogP contribution in [0.2, 0.25) is 5.02 Å². The lowest BCUT2D eigenvalue weighted by Gasteiger charge is -2.12. The van der Waals surface area contributed by atoms with Crippen molar-refractivity contribution in [1.29, 1.82) is 0 Å². The second-order valence-corrected chi connectivity index (χ2v) is 6.76. The first-order chi connectivity index (χ1) is 13.9. The normalized spacial score (nSPS) is 10.6. The topological polar surface area (TPSA) is 89.8 Å². The highest BCUT2D eigenvalue weighted by Gasteiger charge is 2.19. The Morgan fingerprint density at radius 2 is 1.83 bits per heavy atom. The number of hydrazine groups is 1. The molecule has 0 radical (unpaired) electrons. The number of halogens is 1. The van der Waals surface area contributed by atoms with E-state index in [1.807, 2.05) is 6.92 Å². The van der Waals surface area contributed by atoms with E-state index in [0.29, 0.717) is 39.8 Å². The second kappa shape index (κ2) is 8.87. The van der Waals surface area contributed by atoms with Crippen LogP contribution in [0.15, 0.2) is 40.8 Å². The lowest BCUT2D eigenvalue weighted by molar-refractivity contribution is 0.0831. The molecule has 1 aromatic heterocycles. The summed E-state index contributed by atoms with van der Waals surface area (Å²) >= 11 is 6.00. The molecule has 152 valence electrons. The fourth-order valence-corrected chi connectivity index (χ4v) is 2.96. The number of fused-ring (bicyclic) bond motifs is 1. The van der Waals surface area contributed by atoms with Gasteiger partial charge in [-0.05, 0) is 49.7 Å². The Balaban J connectivity index is 1.70. The summed E-state index contributed by atoms with van der Waals surface area (Å²) in [6.45, 7) is 4.29. The lowest BCUT2D eigenvalue weighted by atomic mass is 10.1. The summed E-state index contributed by atoms with van der Waals surface area (Å²) in [4.78, 5) is 24.9. The van der Waals surface area contributed by atoms with Crippen molar-refractivity contribution in [1.82, 2.24) is 10.9 Å². The number of hydrogen-bond acceptors (Lipinski definition) is 5. The molecule has 2 N–H and O–H groups in total. The molecule has 3 aromatic rings. The minimum absolute atomic E-state index is 0.100. The van der Waals surface area contributed by atoms with Gasteiger partial charge in [0.1, 0.15) is 5.58 Å². The Kier molecular flexibility index (Phi) is 6.29. The molecule has 2 aromatic carbocycles. The van der Waals surface area contributed by atoms with Gasteiger partial charge < -0.3 is 13.9 Å². The number of hydrogen-bond donors (Lipinski definition) is 2. The maximum Gasteiger partial charge on any atom is 0.305 e. The van der Waals surface area contributed by atoms with Crippen LogP contribution in [0.1, 0.15) is 39.8 Å². The third kappa shape index (κ3) is 4.46. The van der Waals surface area contributed by atoms with Crippen molar-refractivity contribution in [3.05, 3.63) is 58.3 Å². The van der Waals surface area contributed by atoms with Gasteiger partial charge in [0.25, 0.3) is 5.91 Å². The number of furan rings is 1. The van der Waals surface area contributed by atoms with E-state index in [1.165, 1.54) is 7.11 Å². The quantitative estimate of drug-likeness (QED) is 0.586. The van der Waals surface area contributed by atoms with Crippen LogP contribution in [0.5, 0.6) is 11.5 Å². The monoisotopic (exact) mass is 416 g/mol. The molecule has 2 amide bonds. The third-order valence-electron chi connectivity index (χ3n) is 4.28. The summed E-state index contributed by atoms with van der Waals surface area (Å²) in [6.07, 6.45) is 0.852. The molecule has 0 atom stereocenters. The van der Waals surface area contributed by atoms with Crippen molar-refractivity contribution < 1.29 is 23.5 Å². The van der Waals surface area contributed by atoms with Crippen molar-refractivity contribution in [3.63, 3.8) is 0 Å². The molecular weight excluding hydrogens is 396 g/mol. The molecule has 0 aliphatic rings. The van der Waals surface area contributed by atoms with Gasteiger partial charge in [0.15, 0.2) is 17.3 Å². The molecule has 0 saturated heterocycles. The van der Waals surface area contributed by atoms with Crippen LogP contribution < -0.4 is 20.3 Å². The predicted octanol–water partition coefficient (Wildman–Crippen LogP) is 4.27. The maximum atomic E-state index is 12.5. The Morgan fingerprint density at radius 1 is 1.07 bits per heavy atom. The van der Waals surface area contributed by atoms with Crippen LogP contribution in [-0.2, 0) is 0 Å². The minimum Gasteiger partial charge on any atom is -0.493 e. The minimum atomic E-state index is -0.571. The largest absolute Gasteiger partial charge is 0.493 e. The number of ether oxygens (including phenoxy) is 2. The highest BCUT2D eigenvalue weighted by molar-refractivity contribution is 6.31. The van der Waals surface area contributed by atoms with E-state index in [1.54, 1.807) is 43.3 Å². The zero-order valence-electron chi connectivity index (χ0n) is 16.3. The van der Waals surface area contributed by atoms with Gasteiger partial charge in [-0.1, -0.05) is 18.5 Å². The standard InChI is InChI=1S/C21H21ClN2O5/c1-4-9-28-17-7-5-13(10-18(17)27-3)20(25)23-24-21(26)19-12(2)15-11-14(22)6-8-16(15)29-19/h5-8,10-11H,4,9H2,1-3H3,(H,23,25)(H,24,26). The van der Waals surface area contributed by atoms with E-state index in [9.17, 15) is 9.59 Å². The molecule has 0 spiro atoms. The van der Waals surface area contributed by atoms with E-state index in [4.69, 9.17) is 25.5 Å². The van der Waals surface area contributed by atoms with Crippen LogP contribution in [0.4, 0.5) is 0 Å². The predicted molar refractivity (Wildman–Crippen MR) is 110 cm³/mol. The summed E-state index contributed by atoms with van der Waals surface area (Å²) in [7, 11) is 1.49. The molecule has 0 unspecified atom stereocenters. The number of rotatable bonds is 6. The van der Waals surface area contributed by atoms with Crippen molar-refractivity contribution in [2.45, 2.75) is 20.3 Å². The Hall–Kier alpha value is -3.19. The van der Waals surface area contributed by atoms with Gasteiger partial charge in [-0.3, -0.25) is 20.4 Å². The van der Waals surface area contributed by atoms with Crippen molar-refractivity contribution in [3.8, 4) is 11.5 Å². The number of amides is 2. The molecule has 7 nitrogen and oxygen atoms in total. The average molecular weight is 417 g/mol. The lowest BCUT2D eigenvalue weighted by Crippen LogP contribution is -2.41. The van der Waals surface area contributed by atoms with E-state index >= 15 is 0 Å². The SMILES string of the molecule is CCCOc1ccc(C(=O)NNC(=O)c2oc3ccc(Cl)cc3c2C)cc1OC. The number of carbonyl (C=O) groups excluding carboxylic acids is 2. The molecule has 0 fully saturated rings. The smallest absolute Gasteiger partial charge is 0.305 e. The number of nitrogens with one attached hydrogen (secondary N) is 2. The molecule has 0 aliphatic carbocycles. The first-order valence-electron chi connectivity index (χ1n) is 9.04. The Labute approximate surface area is 172 Å². The summed E-state index contributed by atoms with van der Waals surface area (Å²) in [5, 5.41) is 1.28. The fourth-order valence-electron chi connectivity index (χ4n) is 2.79. The second-order valence-electron chi connectivity index (χ2n) is 6.32. The van der Waals surface area contributed by atoms with Gasteiger partial charge in [0.05, 0.1) is 13.7 Å². The van der Waals surface area contributed by atoms with Crippen molar-refractivity contribution >= 4 is 34.4 Å². The van der Waals surface area contributed by atoms with E-state index in [2.05, 4.69) is 10.9 Å². The van der Waals surface area contributed by atoms with Crippen LogP contribution in [-0.4, -0.2) is 25.5 Å². The molecule has 0 aliphatic heterocycles. The number of carbonyl (C=O) groups is 2. The molecular formula is C21H21ClN2O5. The van der Waals surface area contributed by atoms with Gasteiger partial charge in [-0.2, -0.15) is 0 Å². The molecule has 8 heteroatoms. The third-order valence-corrected chi connectivity index (χ3v) is 4.52. The Morgan fingerprint density at radius 3 is 2.55 bits per heavy atom. The van der Waals surface area contributed by atoms with Crippen LogP contribution >= 0.6 is 11.6 Å². The number of methoxy groups -OCH3 is 1. The molecule has 0 saturated carbocycles. The van der Waals surface area contributed by atoms with Gasteiger partial charge in [-0.25, -0.2) is 0 Å². The first kappa shape index (κ1) is 20.5. The van der Waals surface area contributed by atoms with E-state index < -0.39 is 11.8 Å². The first-order valence-corrected chi connectivity index (χ1v) is 9.42. The number of benzene rings is 2. The van der Waals surface area contributed by atoms with Crippen molar-refractivity contribution in [2.75, 3.05) is 13.7 Å². The van der Waals surface area contributed by atoms with E-state index in [-0.39, 0.29) is 5.76 Å². The van der Waals surface area contributed by atoms with Gasteiger partial charge in [-0.15, -0.1) is 0 Å². The van der Waals surface area contributed by atoms with Crippen LogP contribution in [0.3, 0.4) is 0 Å². The maximum absolute atomic E-state index is 12.5. The van der Waals surface area contributed by atoms with Gasteiger partial charge in [0.2, 0.25) is 0 Å². The number of aryl methyl sites for hydroxylation is 1. The highest BCUT2D eigenvalue weighted by Crippen LogP contribution is 2.29. The summed E-state index contributed by atoms with van der Waals surface area (Å²) < 4.78 is 16.4. The molecule has 3 rings (SSSR count). The van der Waals surface area contributed by atoms with E-state index in [0.717, 1.165) is 11.8 Å². The van der Waals surface area contributed by atoms with Crippen LogP contribution in [0, 0.1) is 6.92 Å².